The van der Waals surface area contributed by atoms with E-state index in [1.54, 1.807) is 11.8 Å². The van der Waals surface area contributed by atoms with Gasteiger partial charge in [-0.3, -0.25) is 0 Å². The van der Waals surface area contributed by atoms with Gasteiger partial charge in [-0.15, -0.1) is 11.8 Å². The molecule has 0 saturated carbocycles. The maximum absolute atomic E-state index is 5.97. The Morgan fingerprint density at radius 3 is 2.73 bits per heavy atom. The van der Waals surface area contributed by atoms with Crippen molar-refractivity contribution < 1.29 is 0 Å². The molecule has 1 atom stereocenters. The second-order valence-corrected chi connectivity index (χ2v) is 4.90. The molecule has 0 fully saturated rings. The highest BCUT2D eigenvalue weighted by Gasteiger charge is 2.06. The van der Waals surface area contributed by atoms with Crippen molar-refractivity contribution in [1.82, 2.24) is 0 Å². The molecule has 15 heavy (non-hydrogen) atoms. The molecule has 1 aromatic carbocycles. The molecule has 0 amide bonds. The fourth-order valence-corrected chi connectivity index (χ4v) is 1.66. The van der Waals surface area contributed by atoms with Crippen LogP contribution >= 0.6 is 11.8 Å². The van der Waals surface area contributed by atoms with Gasteiger partial charge < -0.3 is 11.1 Å². The number of nitrogens with one attached hydrogen (secondary N) is 1. The predicted molar refractivity (Wildman–Crippen MR) is 69.5 cm³/mol. The first-order valence-electron chi connectivity index (χ1n) is 5.27. The first kappa shape index (κ1) is 12.4. The summed E-state index contributed by atoms with van der Waals surface area (Å²) in [6, 6.07) is 8.61. The average molecular weight is 224 g/mol. The molecule has 0 saturated heterocycles. The van der Waals surface area contributed by atoms with Crippen LogP contribution in [0.5, 0.6) is 0 Å². The number of benzene rings is 1. The summed E-state index contributed by atoms with van der Waals surface area (Å²) >= 11 is 1.75. The Hall–Kier alpha value is -0.670. The van der Waals surface area contributed by atoms with Crippen LogP contribution in [-0.2, 0) is 0 Å². The molecule has 0 radical (unpaired) electrons. The van der Waals surface area contributed by atoms with E-state index in [2.05, 4.69) is 49.7 Å². The standard InChI is InChI=1S/C12H20N2S/c1-9(2)12(13)8-14-10-5-4-6-11(7-10)15-3/h4-7,9,12,14H,8,13H2,1-3H3. The molecule has 0 aliphatic rings. The normalized spacial score (nSPS) is 12.9. The van der Waals surface area contributed by atoms with Gasteiger partial charge in [0.2, 0.25) is 0 Å². The van der Waals surface area contributed by atoms with Crippen molar-refractivity contribution in [3.05, 3.63) is 24.3 Å². The lowest BCUT2D eigenvalue weighted by atomic mass is 10.1. The Balaban J connectivity index is 2.50. The predicted octanol–water partition coefficient (Wildman–Crippen LogP) is 2.80. The van der Waals surface area contributed by atoms with Crippen molar-refractivity contribution in [2.45, 2.75) is 24.8 Å². The SMILES string of the molecule is CSc1cccc(NCC(N)C(C)C)c1. The van der Waals surface area contributed by atoms with Gasteiger partial charge in [0.1, 0.15) is 0 Å². The van der Waals surface area contributed by atoms with E-state index in [-0.39, 0.29) is 6.04 Å². The third kappa shape index (κ3) is 4.14. The number of anilines is 1. The van der Waals surface area contributed by atoms with E-state index < -0.39 is 0 Å². The molecule has 0 aliphatic heterocycles. The summed E-state index contributed by atoms with van der Waals surface area (Å²) in [5.74, 6) is 0.515. The Kier molecular flexibility index (Phi) is 4.99. The topological polar surface area (TPSA) is 38.0 Å². The summed E-state index contributed by atoms with van der Waals surface area (Å²) in [7, 11) is 0. The van der Waals surface area contributed by atoms with E-state index in [0.717, 1.165) is 12.2 Å². The minimum Gasteiger partial charge on any atom is -0.383 e. The van der Waals surface area contributed by atoms with Crippen molar-refractivity contribution in [1.29, 1.82) is 0 Å². The number of rotatable bonds is 5. The lowest BCUT2D eigenvalue weighted by molar-refractivity contribution is 0.511. The number of hydrogen-bond acceptors (Lipinski definition) is 3. The highest BCUT2D eigenvalue weighted by molar-refractivity contribution is 7.98. The van der Waals surface area contributed by atoms with Crippen LogP contribution in [0.4, 0.5) is 5.69 Å². The van der Waals surface area contributed by atoms with E-state index in [0.29, 0.717) is 5.92 Å². The van der Waals surface area contributed by atoms with E-state index in [1.165, 1.54) is 4.90 Å². The van der Waals surface area contributed by atoms with E-state index in [1.807, 2.05) is 0 Å². The van der Waals surface area contributed by atoms with Gasteiger partial charge in [-0.2, -0.15) is 0 Å². The van der Waals surface area contributed by atoms with Crippen molar-refractivity contribution in [2.75, 3.05) is 18.1 Å². The zero-order chi connectivity index (χ0) is 11.3. The fourth-order valence-electron chi connectivity index (χ4n) is 1.20. The minimum absolute atomic E-state index is 0.211. The minimum atomic E-state index is 0.211. The number of thioether (sulfide) groups is 1. The summed E-state index contributed by atoms with van der Waals surface area (Å²) in [6.07, 6.45) is 2.08. The molecule has 3 heteroatoms. The Morgan fingerprint density at radius 2 is 2.13 bits per heavy atom. The van der Waals surface area contributed by atoms with Crippen LogP contribution in [0.15, 0.2) is 29.2 Å². The molecule has 0 spiro atoms. The lowest BCUT2D eigenvalue weighted by Crippen LogP contribution is -2.33. The van der Waals surface area contributed by atoms with Crippen LogP contribution in [-0.4, -0.2) is 18.8 Å². The molecule has 1 aromatic rings. The number of nitrogens with two attached hydrogens (primary N) is 1. The van der Waals surface area contributed by atoms with Gasteiger partial charge in [0.05, 0.1) is 0 Å². The van der Waals surface area contributed by atoms with Gasteiger partial charge in [-0.05, 0) is 30.4 Å². The van der Waals surface area contributed by atoms with E-state index in [4.69, 9.17) is 5.73 Å². The highest BCUT2D eigenvalue weighted by Crippen LogP contribution is 2.18. The molecule has 1 unspecified atom stereocenters. The van der Waals surface area contributed by atoms with Gasteiger partial charge in [0.15, 0.2) is 0 Å². The smallest absolute Gasteiger partial charge is 0.0351 e. The quantitative estimate of drug-likeness (QED) is 0.755. The summed E-state index contributed by atoms with van der Waals surface area (Å²) < 4.78 is 0. The zero-order valence-corrected chi connectivity index (χ0v) is 10.5. The van der Waals surface area contributed by atoms with Crippen LogP contribution in [0, 0.1) is 5.92 Å². The molecular formula is C12H20N2S. The van der Waals surface area contributed by atoms with Crippen molar-refractivity contribution in [3.63, 3.8) is 0 Å². The summed E-state index contributed by atoms with van der Waals surface area (Å²) in [5, 5.41) is 3.36. The summed E-state index contributed by atoms with van der Waals surface area (Å²) in [4.78, 5) is 1.28. The molecule has 3 N–H and O–H groups in total. The largest absolute Gasteiger partial charge is 0.383 e. The molecule has 0 heterocycles. The van der Waals surface area contributed by atoms with Gasteiger partial charge in [-0.25, -0.2) is 0 Å². The average Bonchev–Trinajstić information content (AvgIpc) is 2.26. The second kappa shape index (κ2) is 6.03. The molecule has 84 valence electrons. The second-order valence-electron chi connectivity index (χ2n) is 4.02. The van der Waals surface area contributed by atoms with Crippen LogP contribution in [0.1, 0.15) is 13.8 Å². The first-order valence-corrected chi connectivity index (χ1v) is 6.49. The Labute approximate surface area is 96.6 Å². The Bertz CT molecular complexity index is 299. The molecule has 0 aliphatic carbocycles. The fraction of sp³-hybridized carbons (Fsp3) is 0.500. The zero-order valence-electron chi connectivity index (χ0n) is 9.66. The highest BCUT2D eigenvalue weighted by atomic mass is 32.2. The van der Waals surface area contributed by atoms with Crippen molar-refractivity contribution >= 4 is 17.4 Å². The van der Waals surface area contributed by atoms with Crippen LogP contribution < -0.4 is 11.1 Å². The first-order chi connectivity index (χ1) is 7.13. The molecular weight excluding hydrogens is 204 g/mol. The van der Waals surface area contributed by atoms with Gasteiger partial charge >= 0.3 is 0 Å². The summed E-state index contributed by atoms with van der Waals surface area (Å²) in [5.41, 5.74) is 7.12. The van der Waals surface area contributed by atoms with Gasteiger partial charge in [0.25, 0.3) is 0 Å². The van der Waals surface area contributed by atoms with Gasteiger partial charge in [-0.1, -0.05) is 19.9 Å². The Morgan fingerprint density at radius 1 is 1.40 bits per heavy atom. The number of hydrogen-bond donors (Lipinski definition) is 2. The van der Waals surface area contributed by atoms with E-state index in [9.17, 15) is 0 Å². The van der Waals surface area contributed by atoms with Gasteiger partial charge in [0, 0.05) is 23.2 Å². The van der Waals surface area contributed by atoms with Crippen molar-refractivity contribution in [3.8, 4) is 0 Å². The molecule has 0 bridgehead atoms. The van der Waals surface area contributed by atoms with Crippen LogP contribution in [0.2, 0.25) is 0 Å². The third-order valence-corrected chi connectivity index (χ3v) is 3.19. The maximum Gasteiger partial charge on any atom is 0.0351 e. The van der Waals surface area contributed by atoms with Crippen LogP contribution in [0.3, 0.4) is 0 Å². The summed E-state index contributed by atoms with van der Waals surface area (Å²) in [6.45, 7) is 5.12. The molecule has 1 rings (SSSR count). The van der Waals surface area contributed by atoms with E-state index >= 15 is 0 Å². The molecule has 2 nitrogen and oxygen atoms in total. The monoisotopic (exact) mass is 224 g/mol. The maximum atomic E-state index is 5.97. The van der Waals surface area contributed by atoms with Crippen molar-refractivity contribution in [2.24, 2.45) is 11.7 Å². The van der Waals surface area contributed by atoms with Crippen LogP contribution in [0.25, 0.3) is 0 Å². The lowest BCUT2D eigenvalue weighted by Gasteiger charge is -2.17. The molecule has 0 aromatic heterocycles. The third-order valence-electron chi connectivity index (χ3n) is 2.47.